The number of carbonyl (C=O) groups is 1. The van der Waals surface area contributed by atoms with Gasteiger partial charge in [-0.25, -0.2) is 4.98 Å². The fourth-order valence-electron chi connectivity index (χ4n) is 3.89. The fourth-order valence-corrected chi connectivity index (χ4v) is 4.49. The number of amides is 1. The maximum Gasteiger partial charge on any atom is 0.269 e. The van der Waals surface area contributed by atoms with Gasteiger partial charge in [0.25, 0.3) is 5.91 Å². The third-order valence-electron chi connectivity index (χ3n) is 5.37. The number of ether oxygens (including phenoxy) is 1. The van der Waals surface area contributed by atoms with Crippen LogP contribution < -0.4 is 5.32 Å². The molecular formula is C18H27N5O3S. The number of nitrogens with zero attached hydrogens (tertiary/aromatic N) is 4. The second-order valence-electron chi connectivity index (χ2n) is 7.52. The van der Waals surface area contributed by atoms with Crippen molar-refractivity contribution in [3.8, 4) is 0 Å². The molecule has 4 rings (SSSR count). The summed E-state index contributed by atoms with van der Waals surface area (Å²) in [6.45, 7) is 9.45. The van der Waals surface area contributed by atoms with Crippen molar-refractivity contribution >= 4 is 23.0 Å². The van der Waals surface area contributed by atoms with Gasteiger partial charge in [-0.1, -0.05) is 5.16 Å². The topological polar surface area (TPSA) is 79.3 Å². The fraction of sp³-hybridized carbons (Fsp3) is 0.722. The Morgan fingerprint density at radius 1 is 1.33 bits per heavy atom. The first-order valence-electron chi connectivity index (χ1n) is 9.59. The van der Waals surface area contributed by atoms with Gasteiger partial charge in [-0.2, -0.15) is 0 Å². The number of rotatable bonds is 6. The van der Waals surface area contributed by atoms with E-state index in [0.717, 1.165) is 69.6 Å². The highest BCUT2D eigenvalue weighted by Gasteiger charge is 2.46. The summed E-state index contributed by atoms with van der Waals surface area (Å²) >= 11 is 1.68. The SMILES string of the molecule is Cc1nc(CN2CCC3(CC(C(=O)NCCN4CCOCC4)=NO3)C2)cs1. The molecule has 1 spiro atoms. The number of aromatic nitrogens is 1. The maximum atomic E-state index is 12.4. The van der Waals surface area contributed by atoms with Gasteiger partial charge in [-0.3, -0.25) is 14.6 Å². The van der Waals surface area contributed by atoms with Crippen LogP contribution in [-0.4, -0.2) is 84.5 Å². The van der Waals surface area contributed by atoms with E-state index >= 15 is 0 Å². The molecule has 3 aliphatic rings. The lowest BCUT2D eigenvalue weighted by atomic mass is 9.96. The summed E-state index contributed by atoms with van der Waals surface area (Å²) in [6, 6.07) is 0. The van der Waals surface area contributed by atoms with E-state index in [2.05, 4.69) is 30.6 Å². The number of aryl methyl sites for hydroxylation is 1. The Hall–Kier alpha value is -1.55. The minimum absolute atomic E-state index is 0.103. The zero-order chi connectivity index (χ0) is 18.7. The van der Waals surface area contributed by atoms with Gasteiger partial charge in [0.1, 0.15) is 5.71 Å². The molecule has 0 bridgehead atoms. The van der Waals surface area contributed by atoms with Gasteiger partial charge >= 0.3 is 0 Å². The van der Waals surface area contributed by atoms with E-state index in [1.54, 1.807) is 11.3 Å². The van der Waals surface area contributed by atoms with Crippen molar-refractivity contribution in [2.75, 3.05) is 52.5 Å². The van der Waals surface area contributed by atoms with Crippen molar-refractivity contribution in [2.24, 2.45) is 5.16 Å². The Kier molecular flexibility index (Phi) is 5.72. The molecule has 27 heavy (non-hydrogen) atoms. The molecule has 1 aromatic heterocycles. The Balaban J connectivity index is 1.21. The van der Waals surface area contributed by atoms with Crippen LogP contribution in [0.3, 0.4) is 0 Å². The number of hydrogen-bond donors (Lipinski definition) is 1. The van der Waals surface area contributed by atoms with E-state index in [1.807, 2.05) is 6.92 Å². The number of thiazole rings is 1. The molecule has 0 radical (unpaired) electrons. The Morgan fingerprint density at radius 3 is 2.96 bits per heavy atom. The summed E-state index contributed by atoms with van der Waals surface area (Å²) in [6.07, 6.45) is 1.48. The average molecular weight is 394 g/mol. The number of hydrogen-bond acceptors (Lipinski definition) is 8. The van der Waals surface area contributed by atoms with Crippen molar-refractivity contribution in [3.05, 3.63) is 16.1 Å². The minimum Gasteiger partial charge on any atom is -0.387 e. The van der Waals surface area contributed by atoms with E-state index in [1.165, 1.54) is 0 Å². The van der Waals surface area contributed by atoms with Crippen molar-refractivity contribution < 1.29 is 14.4 Å². The van der Waals surface area contributed by atoms with Crippen LogP contribution in [0.25, 0.3) is 0 Å². The largest absolute Gasteiger partial charge is 0.387 e. The highest BCUT2D eigenvalue weighted by atomic mass is 32.1. The molecule has 2 saturated heterocycles. The van der Waals surface area contributed by atoms with Gasteiger partial charge < -0.3 is 14.9 Å². The van der Waals surface area contributed by atoms with Gasteiger partial charge in [0.15, 0.2) is 5.60 Å². The number of carbonyl (C=O) groups excluding carboxylic acids is 1. The number of likely N-dealkylation sites (tertiary alicyclic amines) is 1. The van der Waals surface area contributed by atoms with Gasteiger partial charge in [0, 0.05) is 64.0 Å². The van der Waals surface area contributed by atoms with E-state index in [0.29, 0.717) is 18.7 Å². The molecule has 1 aromatic rings. The number of morpholine rings is 1. The summed E-state index contributed by atoms with van der Waals surface area (Å²) < 4.78 is 5.34. The van der Waals surface area contributed by atoms with Crippen molar-refractivity contribution in [3.63, 3.8) is 0 Å². The van der Waals surface area contributed by atoms with E-state index in [4.69, 9.17) is 9.57 Å². The first-order chi connectivity index (χ1) is 13.1. The number of nitrogens with one attached hydrogen (secondary N) is 1. The summed E-state index contributed by atoms with van der Waals surface area (Å²) in [4.78, 5) is 27.3. The van der Waals surface area contributed by atoms with Crippen LogP contribution in [-0.2, 0) is 20.9 Å². The first-order valence-corrected chi connectivity index (χ1v) is 10.5. The molecule has 0 aliphatic carbocycles. The van der Waals surface area contributed by atoms with E-state index in [-0.39, 0.29) is 11.5 Å². The number of oxime groups is 1. The van der Waals surface area contributed by atoms with Gasteiger partial charge in [-0.05, 0) is 6.92 Å². The molecule has 1 unspecified atom stereocenters. The smallest absolute Gasteiger partial charge is 0.269 e. The third kappa shape index (κ3) is 4.66. The van der Waals surface area contributed by atoms with Crippen LogP contribution in [0.15, 0.2) is 10.5 Å². The summed E-state index contributed by atoms with van der Waals surface area (Å²) in [7, 11) is 0. The third-order valence-corrected chi connectivity index (χ3v) is 6.19. The molecule has 148 valence electrons. The van der Waals surface area contributed by atoms with Crippen LogP contribution >= 0.6 is 11.3 Å². The van der Waals surface area contributed by atoms with E-state index in [9.17, 15) is 4.79 Å². The predicted octanol–water partition coefficient (Wildman–Crippen LogP) is 0.621. The molecule has 1 atom stereocenters. The van der Waals surface area contributed by atoms with Crippen LogP contribution in [0.5, 0.6) is 0 Å². The molecule has 0 saturated carbocycles. The van der Waals surface area contributed by atoms with Crippen LogP contribution in [0.4, 0.5) is 0 Å². The van der Waals surface area contributed by atoms with E-state index < -0.39 is 0 Å². The van der Waals surface area contributed by atoms with Crippen molar-refractivity contribution in [2.45, 2.75) is 31.9 Å². The standard InChI is InChI=1S/C18H27N5O3S/c1-14-20-15(12-27-14)11-23-4-2-18(13-23)10-16(21-26-18)17(24)19-3-5-22-6-8-25-9-7-22/h12H,2-11,13H2,1H3,(H,19,24). The zero-order valence-corrected chi connectivity index (χ0v) is 16.6. The molecular weight excluding hydrogens is 366 g/mol. The summed E-state index contributed by atoms with van der Waals surface area (Å²) in [5.74, 6) is -0.103. The second-order valence-corrected chi connectivity index (χ2v) is 8.58. The minimum atomic E-state index is -0.345. The average Bonchev–Trinajstić information content (AvgIpc) is 3.38. The predicted molar refractivity (Wildman–Crippen MR) is 103 cm³/mol. The first kappa shape index (κ1) is 18.8. The van der Waals surface area contributed by atoms with Crippen LogP contribution in [0, 0.1) is 6.92 Å². The van der Waals surface area contributed by atoms with Gasteiger partial charge in [0.2, 0.25) is 0 Å². The van der Waals surface area contributed by atoms with Gasteiger partial charge in [-0.15, -0.1) is 11.3 Å². The lowest BCUT2D eigenvalue weighted by Gasteiger charge is -2.26. The van der Waals surface area contributed by atoms with Crippen LogP contribution in [0.2, 0.25) is 0 Å². The second kappa shape index (κ2) is 8.22. The van der Waals surface area contributed by atoms with Gasteiger partial charge in [0.05, 0.1) is 23.9 Å². The summed E-state index contributed by atoms with van der Waals surface area (Å²) in [5, 5.41) is 10.3. The lowest BCUT2D eigenvalue weighted by Crippen LogP contribution is -2.43. The molecule has 1 N–H and O–H groups in total. The molecule has 3 aliphatic heterocycles. The maximum absolute atomic E-state index is 12.4. The Bertz CT molecular complexity index is 703. The molecule has 2 fully saturated rings. The zero-order valence-electron chi connectivity index (χ0n) is 15.8. The lowest BCUT2D eigenvalue weighted by molar-refractivity contribution is -0.115. The highest BCUT2D eigenvalue weighted by Crippen LogP contribution is 2.34. The Morgan fingerprint density at radius 2 is 2.19 bits per heavy atom. The van der Waals surface area contributed by atoms with Crippen molar-refractivity contribution in [1.82, 2.24) is 20.1 Å². The quantitative estimate of drug-likeness (QED) is 0.763. The normalized spacial score (nSPS) is 26.3. The molecule has 9 heteroatoms. The summed E-state index contributed by atoms with van der Waals surface area (Å²) in [5.41, 5.74) is 1.28. The molecule has 8 nitrogen and oxygen atoms in total. The monoisotopic (exact) mass is 393 g/mol. The molecule has 0 aromatic carbocycles. The molecule has 4 heterocycles. The van der Waals surface area contributed by atoms with Crippen LogP contribution in [0.1, 0.15) is 23.5 Å². The Labute approximate surface area is 163 Å². The highest BCUT2D eigenvalue weighted by molar-refractivity contribution is 7.09. The molecule has 1 amide bonds. The van der Waals surface area contributed by atoms with Crippen molar-refractivity contribution in [1.29, 1.82) is 0 Å².